The summed E-state index contributed by atoms with van der Waals surface area (Å²) in [5.74, 6) is 0.0200. The molecular weight excluding hydrogens is 230 g/mol. The number of aromatic nitrogens is 1. The highest BCUT2D eigenvalue weighted by Gasteiger charge is 2.20. The zero-order valence-electron chi connectivity index (χ0n) is 10.8. The molecule has 0 aliphatic carbocycles. The minimum Gasteiger partial charge on any atom is -0.383 e. The van der Waals surface area contributed by atoms with Crippen molar-refractivity contribution < 1.29 is 9.53 Å². The number of aromatic amines is 1. The molecule has 0 unspecified atom stereocenters. The molecule has 1 aromatic rings. The first-order valence-electron chi connectivity index (χ1n) is 6.44. The number of nitrogens with zero attached hydrogens (tertiary/aromatic N) is 1. The van der Waals surface area contributed by atoms with Crippen molar-refractivity contribution in [3.8, 4) is 0 Å². The van der Waals surface area contributed by atoms with Crippen LogP contribution >= 0.6 is 0 Å². The van der Waals surface area contributed by atoms with Crippen LogP contribution in [0.3, 0.4) is 0 Å². The van der Waals surface area contributed by atoms with Crippen LogP contribution in [0.5, 0.6) is 0 Å². The fourth-order valence-electron chi connectivity index (χ4n) is 2.26. The van der Waals surface area contributed by atoms with Crippen LogP contribution in [-0.4, -0.2) is 55.2 Å². The molecule has 5 heteroatoms. The predicted molar refractivity (Wildman–Crippen MR) is 69.6 cm³/mol. The van der Waals surface area contributed by atoms with Gasteiger partial charge in [0.2, 0.25) is 0 Å². The molecule has 0 radical (unpaired) electrons. The van der Waals surface area contributed by atoms with E-state index in [1.54, 1.807) is 25.6 Å². The number of hydrogen-bond acceptors (Lipinski definition) is 3. The van der Waals surface area contributed by atoms with Gasteiger partial charge in [-0.3, -0.25) is 4.79 Å². The van der Waals surface area contributed by atoms with E-state index in [0.717, 1.165) is 39.1 Å². The molecule has 100 valence electrons. The molecule has 1 aliphatic heterocycles. The van der Waals surface area contributed by atoms with Crippen LogP contribution in [0.15, 0.2) is 18.5 Å². The van der Waals surface area contributed by atoms with E-state index < -0.39 is 0 Å². The number of methoxy groups -OCH3 is 1. The predicted octanol–water partition coefficient (Wildman–Crippen LogP) is 0.855. The number of rotatable bonds is 5. The Morgan fingerprint density at radius 2 is 2.33 bits per heavy atom. The Balaban J connectivity index is 1.72. The molecular formula is C13H21N3O2. The maximum Gasteiger partial charge on any atom is 0.253 e. The van der Waals surface area contributed by atoms with Gasteiger partial charge >= 0.3 is 0 Å². The molecule has 2 rings (SSSR count). The van der Waals surface area contributed by atoms with E-state index in [1.165, 1.54) is 0 Å². The van der Waals surface area contributed by atoms with Crippen LogP contribution in [0, 0.1) is 0 Å². The zero-order chi connectivity index (χ0) is 12.8. The van der Waals surface area contributed by atoms with Crippen LogP contribution < -0.4 is 5.32 Å². The molecule has 0 atom stereocenters. The number of H-pyrrole nitrogens is 1. The highest BCUT2D eigenvalue weighted by atomic mass is 16.5. The number of carbonyl (C=O) groups is 1. The van der Waals surface area contributed by atoms with Gasteiger partial charge in [-0.15, -0.1) is 0 Å². The normalized spacial score (nSPS) is 17.8. The molecule has 0 bridgehead atoms. The first kappa shape index (κ1) is 13.1. The highest BCUT2D eigenvalue weighted by molar-refractivity contribution is 5.94. The van der Waals surface area contributed by atoms with E-state index in [4.69, 9.17) is 4.74 Å². The second-order valence-corrected chi connectivity index (χ2v) is 4.68. The van der Waals surface area contributed by atoms with Crippen LogP contribution in [0.25, 0.3) is 0 Å². The fraction of sp³-hybridized carbons (Fsp3) is 0.615. The lowest BCUT2D eigenvalue weighted by Gasteiger charge is -2.32. The van der Waals surface area contributed by atoms with Crippen LogP contribution in [0.4, 0.5) is 0 Å². The molecule has 18 heavy (non-hydrogen) atoms. The average Bonchev–Trinajstić information content (AvgIpc) is 2.92. The molecule has 2 heterocycles. The van der Waals surface area contributed by atoms with Crippen molar-refractivity contribution in [1.29, 1.82) is 0 Å². The number of carbonyl (C=O) groups excluding carboxylic acids is 1. The lowest BCUT2D eigenvalue weighted by molar-refractivity contribution is 0.0893. The van der Waals surface area contributed by atoms with Crippen molar-refractivity contribution in [2.45, 2.75) is 18.9 Å². The lowest BCUT2D eigenvalue weighted by Crippen LogP contribution is -2.45. The van der Waals surface area contributed by atoms with Crippen LogP contribution in [-0.2, 0) is 4.74 Å². The Hall–Kier alpha value is -1.33. The van der Waals surface area contributed by atoms with Gasteiger partial charge in [0.1, 0.15) is 0 Å². The van der Waals surface area contributed by atoms with Crippen molar-refractivity contribution in [3.05, 3.63) is 24.0 Å². The quantitative estimate of drug-likeness (QED) is 0.816. The van der Waals surface area contributed by atoms with Crippen molar-refractivity contribution >= 4 is 5.91 Å². The first-order valence-corrected chi connectivity index (χ1v) is 6.44. The number of piperidine rings is 1. The summed E-state index contributed by atoms with van der Waals surface area (Å²) in [4.78, 5) is 17.1. The highest BCUT2D eigenvalue weighted by Crippen LogP contribution is 2.10. The van der Waals surface area contributed by atoms with E-state index in [-0.39, 0.29) is 5.91 Å². The van der Waals surface area contributed by atoms with Crippen molar-refractivity contribution in [1.82, 2.24) is 15.2 Å². The number of nitrogens with one attached hydrogen (secondary N) is 2. The third kappa shape index (κ3) is 3.58. The third-order valence-corrected chi connectivity index (χ3v) is 3.39. The molecule has 1 aliphatic rings. The summed E-state index contributed by atoms with van der Waals surface area (Å²) in [5, 5.41) is 3.08. The van der Waals surface area contributed by atoms with Gasteiger partial charge in [0.25, 0.3) is 5.91 Å². The standard InChI is InChI=1S/C13H21N3O2/c1-18-9-8-16-6-3-12(4-7-16)15-13(17)11-2-5-14-10-11/h2,5,10,12,14H,3-4,6-9H2,1H3,(H,15,17). The summed E-state index contributed by atoms with van der Waals surface area (Å²) in [6, 6.07) is 2.09. The van der Waals surface area contributed by atoms with Gasteiger partial charge in [-0.2, -0.15) is 0 Å². The van der Waals surface area contributed by atoms with E-state index in [2.05, 4.69) is 15.2 Å². The van der Waals surface area contributed by atoms with Gasteiger partial charge in [-0.25, -0.2) is 0 Å². The summed E-state index contributed by atoms with van der Waals surface area (Å²) in [7, 11) is 1.73. The molecule has 0 saturated carbocycles. The van der Waals surface area contributed by atoms with Gasteiger partial charge in [0.05, 0.1) is 12.2 Å². The Morgan fingerprint density at radius 1 is 1.56 bits per heavy atom. The Labute approximate surface area is 108 Å². The molecule has 0 spiro atoms. The third-order valence-electron chi connectivity index (χ3n) is 3.39. The van der Waals surface area contributed by atoms with Gasteiger partial charge in [-0.05, 0) is 18.9 Å². The SMILES string of the molecule is COCCN1CCC(NC(=O)c2cc[nH]c2)CC1. The summed E-state index contributed by atoms with van der Waals surface area (Å²) in [6.07, 6.45) is 5.52. The van der Waals surface area contributed by atoms with Crippen molar-refractivity contribution in [2.75, 3.05) is 33.4 Å². The lowest BCUT2D eigenvalue weighted by atomic mass is 10.0. The Morgan fingerprint density at radius 3 is 2.94 bits per heavy atom. The molecule has 1 fully saturated rings. The van der Waals surface area contributed by atoms with E-state index >= 15 is 0 Å². The average molecular weight is 251 g/mol. The van der Waals surface area contributed by atoms with E-state index in [1.807, 2.05) is 0 Å². The van der Waals surface area contributed by atoms with Gasteiger partial charge < -0.3 is 19.9 Å². The number of likely N-dealkylation sites (tertiary alicyclic amines) is 1. The summed E-state index contributed by atoms with van der Waals surface area (Å²) in [6.45, 7) is 3.82. The minimum atomic E-state index is 0.0200. The second kappa shape index (κ2) is 6.56. The number of amides is 1. The van der Waals surface area contributed by atoms with Gasteiger partial charge in [0, 0.05) is 45.2 Å². The van der Waals surface area contributed by atoms with Crippen molar-refractivity contribution in [2.24, 2.45) is 0 Å². The number of hydrogen-bond donors (Lipinski definition) is 2. The molecule has 1 amide bonds. The summed E-state index contributed by atoms with van der Waals surface area (Å²) >= 11 is 0. The first-order chi connectivity index (χ1) is 8.79. The van der Waals surface area contributed by atoms with Gasteiger partial charge in [0.15, 0.2) is 0 Å². The fourth-order valence-corrected chi connectivity index (χ4v) is 2.26. The van der Waals surface area contributed by atoms with Crippen LogP contribution in [0.2, 0.25) is 0 Å². The van der Waals surface area contributed by atoms with E-state index in [0.29, 0.717) is 11.6 Å². The van der Waals surface area contributed by atoms with Gasteiger partial charge in [-0.1, -0.05) is 0 Å². The monoisotopic (exact) mass is 251 g/mol. The number of ether oxygens (including phenoxy) is 1. The van der Waals surface area contributed by atoms with E-state index in [9.17, 15) is 4.79 Å². The maximum absolute atomic E-state index is 11.9. The molecule has 5 nitrogen and oxygen atoms in total. The maximum atomic E-state index is 11.9. The Bertz CT molecular complexity index is 356. The molecule has 1 aromatic heterocycles. The molecule has 0 aromatic carbocycles. The largest absolute Gasteiger partial charge is 0.383 e. The topological polar surface area (TPSA) is 57.4 Å². The summed E-state index contributed by atoms with van der Waals surface area (Å²) < 4.78 is 5.07. The summed E-state index contributed by atoms with van der Waals surface area (Å²) in [5.41, 5.74) is 0.705. The molecule has 1 saturated heterocycles. The van der Waals surface area contributed by atoms with Crippen molar-refractivity contribution in [3.63, 3.8) is 0 Å². The minimum absolute atomic E-state index is 0.0200. The molecule has 2 N–H and O–H groups in total. The smallest absolute Gasteiger partial charge is 0.253 e. The Kier molecular flexibility index (Phi) is 4.78. The second-order valence-electron chi connectivity index (χ2n) is 4.68. The zero-order valence-corrected chi connectivity index (χ0v) is 10.8. The van der Waals surface area contributed by atoms with Crippen LogP contribution in [0.1, 0.15) is 23.2 Å².